The van der Waals surface area contributed by atoms with Crippen LogP contribution >= 0.6 is 11.3 Å². The first-order valence-electron chi connectivity index (χ1n) is 7.04. The van der Waals surface area contributed by atoms with E-state index >= 15 is 0 Å². The van der Waals surface area contributed by atoms with Crippen molar-refractivity contribution in [1.82, 2.24) is 14.5 Å². The number of nitrogens with one attached hydrogen (secondary N) is 1. The zero-order chi connectivity index (χ0) is 17.2. The van der Waals surface area contributed by atoms with Crippen LogP contribution in [0.15, 0.2) is 12.1 Å². The Hall–Kier alpha value is -1.65. The van der Waals surface area contributed by atoms with Crippen LogP contribution in [0.2, 0.25) is 0 Å². The molecule has 4 amide bonds. The highest BCUT2D eigenvalue weighted by Gasteiger charge is 2.37. The zero-order valence-electron chi connectivity index (χ0n) is 12.9. The minimum absolute atomic E-state index is 0.0201. The third kappa shape index (κ3) is 4.21. The number of aliphatic hydroxyl groups excluding tert-OH is 1. The largest absolute Gasteiger partial charge is 0.388 e. The molecule has 1 fully saturated rings. The number of amides is 4. The first-order valence-corrected chi connectivity index (χ1v) is 9.70. The fourth-order valence-electron chi connectivity index (χ4n) is 2.15. The molecule has 23 heavy (non-hydrogen) atoms. The van der Waals surface area contributed by atoms with Gasteiger partial charge in [0.25, 0.3) is 0 Å². The summed E-state index contributed by atoms with van der Waals surface area (Å²) in [7, 11) is -3.65. The quantitative estimate of drug-likeness (QED) is 0.805. The summed E-state index contributed by atoms with van der Waals surface area (Å²) in [4.78, 5) is 26.6. The maximum absolute atomic E-state index is 12.0. The second kappa shape index (κ2) is 6.85. The molecule has 0 aliphatic carbocycles. The van der Waals surface area contributed by atoms with E-state index in [-0.39, 0.29) is 13.1 Å². The van der Waals surface area contributed by atoms with Gasteiger partial charge in [-0.1, -0.05) is 0 Å². The van der Waals surface area contributed by atoms with Gasteiger partial charge >= 0.3 is 12.1 Å². The number of carbonyl (C=O) groups excluding carboxylic acids is 2. The molecule has 1 saturated heterocycles. The van der Waals surface area contributed by atoms with Crippen molar-refractivity contribution in [1.29, 1.82) is 0 Å². The summed E-state index contributed by atoms with van der Waals surface area (Å²) < 4.78 is 23.5. The molecule has 1 aliphatic rings. The number of imide groups is 1. The van der Waals surface area contributed by atoms with Gasteiger partial charge in [0.1, 0.15) is 0 Å². The molecule has 0 aromatic carbocycles. The lowest BCUT2D eigenvalue weighted by atomic mass is 10.3. The minimum atomic E-state index is -3.65. The van der Waals surface area contributed by atoms with E-state index in [1.165, 1.54) is 11.3 Å². The van der Waals surface area contributed by atoms with Crippen LogP contribution in [0.3, 0.4) is 0 Å². The SMILES string of the molecule is C[C@H](O)c1ccc(CCNC(=O)N2CCN(S(C)(=O)=O)C2=O)s1. The van der Waals surface area contributed by atoms with Crippen molar-refractivity contribution in [3.05, 3.63) is 21.9 Å². The highest BCUT2D eigenvalue weighted by molar-refractivity contribution is 7.88. The van der Waals surface area contributed by atoms with Crippen LogP contribution in [0.1, 0.15) is 22.8 Å². The average molecular weight is 361 g/mol. The summed E-state index contributed by atoms with van der Waals surface area (Å²) in [5.74, 6) is 0. The maximum Gasteiger partial charge on any atom is 0.341 e. The van der Waals surface area contributed by atoms with Gasteiger partial charge in [-0.2, -0.15) is 0 Å². The topological polar surface area (TPSA) is 107 Å². The lowest BCUT2D eigenvalue weighted by molar-refractivity contribution is 0.194. The minimum Gasteiger partial charge on any atom is -0.388 e. The highest BCUT2D eigenvalue weighted by Crippen LogP contribution is 2.23. The summed E-state index contributed by atoms with van der Waals surface area (Å²) in [6.07, 6.45) is 0.983. The molecule has 10 heteroatoms. The first kappa shape index (κ1) is 17.7. The second-order valence-electron chi connectivity index (χ2n) is 5.23. The molecule has 2 N–H and O–H groups in total. The summed E-state index contributed by atoms with van der Waals surface area (Å²) in [5, 5.41) is 12.1. The normalized spacial score (nSPS) is 16.7. The molecule has 0 unspecified atom stereocenters. The number of urea groups is 2. The Morgan fingerprint density at radius 3 is 2.65 bits per heavy atom. The fraction of sp³-hybridized carbons (Fsp3) is 0.538. The van der Waals surface area contributed by atoms with Crippen molar-refractivity contribution in [3.63, 3.8) is 0 Å². The molecule has 0 spiro atoms. The third-order valence-corrected chi connectivity index (χ3v) is 5.81. The van der Waals surface area contributed by atoms with E-state index in [1.54, 1.807) is 6.92 Å². The van der Waals surface area contributed by atoms with Gasteiger partial charge in [-0.3, -0.25) is 0 Å². The molecular formula is C13H19N3O5S2. The highest BCUT2D eigenvalue weighted by atomic mass is 32.2. The number of hydrogen-bond donors (Lipinski definition) is 2. The third-order valence-electron chi connectivity index (χ3n) is 3.36. The van der Waals surface area contributed by atoms with Crippen molar-refractivity contribution in [3.8, 4) is 0 Å². The molecule has 2 rings (SSSR count). The van der Waals surface area contributed by atoms with Crippen LogP contribution in [-0.2, 0) is 16.4 Å². The number of carbonyl (C=O) groups is 2. The standard InChI is InChI=1S/C13H19N3O5S2/c1-9(17)11-4-3-10(22-11)5-6-14-12(18)15-7-8-16(13(15)19)23(2,20)21/h3-4,9,17H,5-8H2,1-2H3,(H,14,18)/t9-/m0/s1. The van der Waals surface area contributed by atoms with Crippen molar-refractivity contribution < 1.29 is 23.1 Å². The smallest absolute Gasteiger partial charge is 0.341 e. The Morgan fingerprint density at radius 1 is 1.43 bits per heavy atom. The van der Waals surface area contributed by atoms with Gasteiger partial charge in [0.15, 0.2) is 0 Å². The predicted molar refractivity (Wildman–Crippen MR) is 85.7 cm³/mol. The van der Waals surface area contributed by atoms with Crippen LogP contribution in [-0.4, -0.2) is 60.7 Å². The fourth-order valence-corrected chi connectivity index (χ4v) is 3.90. The molecule has 1 aromatic heterocycles. The van der Waals surface area contributed by atoms with Gasteiger partial charge in [0, 0.05) is 16.3 Å². The van der Waals surface area contributed by atoms with E-state index in [2.05, 4.69) is 5.32 Å². The van der Waals surface area contributed by atoms with Gasteiger partial charge < -0.3 is 10.4 Å². The van der Waals surface area contributed by atoms with Crippen LogP contribution < -0.4 is 5.32 Å². The van der Waals surface area contributed by atoms with Crippen LogP contribution in [0.25, 0.3) is 0 Å². The Balaban J connectivity index is 1.84. The monoisotopic (exact) mass is 361 g/mol. The summed E-state index contributed by atoms with van der Waals surface area (Å²) >= 11 is 1.46. The molecular weight excluding hydrogens is 342 g/mol. The molecule has 2 heterocycles. The summed E-state index contributed by atoms with van der Waals surface area (Å²) in [6, 6.07) is 2.29. The van der Waals surface area contributed by atoms with Crippen molar-refractivity contribution in [2.75, 3.05) is 25.9 Å². The number of sulfonamides is 1. The van der Waals surface area contributed by atoms with Crippen molar-refractivity contribution in [2.45, 2.75) is 19.4 Å². The molecule has 128 valence electrons. The number of hydrogen-bond acceptors (Lipinski definition) is 6. The van der Waals surface area contributed by atoms with Crippen molar-refractivity contribution in [2.24, 2.45) is 0 Å². The van der Waals surface area contributed by atoms with E-state index in [1.807, 2.05) is 12.1 Å². The van der Waals surface area contributed by atoms with E-state index < -0.39 is 28.2 Å². The van der Waals surface area contributed by atoms with Gasteiger partial charge in [-0.05, 0) is 25.5 Å². The molecule has 1 aliphatic heterocycles. The first-order chi connectivity index (χ1) is 10.7. The van der Waals surface area contributed by atoms with Gasteiger partial charge in [0.2, 0.25) is 10.0 Å². The molecule has 0 radical (unpaired) electrons. The van der Waals surface area contributed by atoms with Crippen LogP contribution in [0.4, 0.5) is 9.59 Å². The molecule has 0 bridgehead atoms. The molecule has 0 saturated carbocycles. The Labute approximate surface area is 138 Å². The van der Waals surface area contributed by atoms with E-state index in [0.29, 0.717) is 17.3 Å². The lowest BCUT2D eigenvalue weighted by Crippen LogP contribution is -2.44. The molecule has 1 aromatic rings. The average Bonchev–Trinajstić information content (AvgIpc) is 3.04. The van der Waals surface area contributed by atoms with E-state index in [0.717, 1.165) is 20.9 Å². The van der Waals surface area contributed by atoms with E-state index in [9.17, 15) is 23.1 Å². The molecule has 1 atom stereocenters. The van der Waals surface area contributed by atoms with Crippen LogP contribution in [0.5, 0.6) is 0 Å². The zero-order valence-corrected chi connectivity index (χ0v) is 14.5. The van der Waals surface area contributed by atoms with E-state index in [4.69, 9.17) is 0 Å². The van der Waals surface area contributed by atoms with Gasteiger partial charge in [-0.15, -0.1) is 11.3 Å². The van der Waals surface area contributed by atoms with Crippen LogP contribution in [0, 0.1) is 0 Å². The van der Waals surface area contributed by atoms with Gasteiger partial charge in [-0.25, -0.2) is 27.2 Å². The lowest BCUT2D eigenvalue weighted by Gasteiger charge is -2.16. The number of aliphatic hydroxyl groups is 1. The Morgan fingerprint density at radius 2 is 2.13 bits per heavy atom. The maximum atomic E-state index is 12.0. The number of nitrogens with zero attached hydrogens (tertiary/aromatic N) is 2. The summed E-state index contributed by atoms with van der Waals surface area (Å²) in [5.41, 5.74) is 0. The number of thiophene rings is 1. The van der Waals surface area contributed by atoms with Crippen molar-refractivity contribution >= 4 is 33.4 Å². The Bertz CT molecular complexity index is 698. The molecule has 8 nitrogen and oxygen atoms in total. The Kier molecular flexibility index (Phi) is 5.27. The second-order valence-corrected chi connectivity index (χ2v) is 8.34. The predicted octanol–water partition coefficient (Wildman–Crippen LogP) is 0.751. The summed E-state index contributed by atoms with van der Waals surface area (Å²) in [6.45, 7) is 2.03. The number of rotatable bonds is 5. The van der Waals surface area contributed by atoms with Gasteiger partial charge in [0.05, 0.1) is 25.4 Å².